The minimum Gasteiger partial charge on any atom is -0.458 e. The molecule has 0 aromatic rings. The van der Waals surface area contributed by atoms with Gasteiger partial charge in [-0.25, -0.2) is 9.59 Å². The Hall–Kier alpha value is -1.85. The molecule has 1 heterocycles. The van der Waals surface area contributed by atoms with Crippen molar-refractivity contribution in [3.8, 4) is 0 Å². The minimum atomic E-state index is -0.627. The Balaban J connectivity index is 1.65. The highest BCUT2D eigenvalue weighted by Gasteiger charge is 2.71. The summed E-state index contributed by atoms with van der Waals surface area (Å²) in [7, 11) is 0. The summed E-state index contributed by atoms with van der Waals surface area (Å²) >= 11 is 0. The standard InChI is InChI=1S/C16H20O6/c1-7(2)14(18)20-6-10(17)21-12-9-5-8-11(16(9,3)4)13(12)22-15(8)19/h8-9,11-13H,1,5-6H2,2-4H3. The van der Waals surface area contributed by atoms with Gasteiger partial charge in [-0.15, -0.1) is 0 Å². The Morgan fingerprint density at radius 2 is 2.09 bits per heavy atom. The van der Waals surface area contributed by atoms with Gasteiger partial charge in [0.25, 0.3) is 0 Å². The van der Waals surface area contributed by atoms with Crippen LogP contribution in [0.3, 0.4) is 0 Å². The summed E-state index contributed by atoms with van der Waals surface area (Å²) in [5.74, 6) is -1.31. The average Bonchev–Trinajstić information content (AvgIpc) is 2.92. The smallest absolute Gasteiger partial charge is 0.344 e. The van der Waals surface area contributed by atoms with E-state index >= 15 is 0 Å². The molecule has 0 aromatic heterocycles. The summed E-state index contributed by atoms with van der Waals surface area (Å²) in [5.41, 5.74) is 0.127. The van der Waals surface area contributed by atoms with Crippen LogP contribution in [-0.4, -0.2) is 36.7 Å². The van der Waals surface area contributed by atoms with Gasteiger partial charge in [-0.05, 0) is 18.8 Å². The summed E-state index contributed by atoms with van der Waals surface area (Å²) < 4.78 is 15.7. The third-order valence-electron chi connectivity index (χ3n) is 5.32. The first-order valence-electron chi connectivity index (χ1n) is 7.46. The van der Waals surface area contributed by atoms with Crippen LogP contribution in [0, 0.1) is 23.2 Å². The van der Waals surface area contributed by atoms with Crippen LogP contribution in [-0.2, 0) is 28.6 Å². The van der Waals surface area contributed by atoms with Crippen molar-refractivity contribution in [1.82, 2.24) is 0 Å². The van der Waals surface area contributed by atoms with Crippen molar-refractivity contribution in [2.45, 2.75) is 39.4 Å². The first kappa shape index (κ1) is 15.1. The Kier molecular flexibility index (Phi) is 3.30. The minimum absolute atomic E-state index is 0.0683. The number of hydrogen-bond acceptors (Lipinski definition) is 6. The first-order valence-corrected chi connectivity index (χ1v) is 7.46. The molecule has 3 aliphatic rings. The molecule has 2 aliphatic carbocycles. The molecule has 2 saturated carbocycles. The molecular formula is C16H20O6. The third kappa shape index (κ3) is 2.04. The molecule has 5 atom stereocenters. The molecule has 1 saturated heterocycles. The molecule has 0 radical (unpaired) electrons. The number of carbonyl (C=O) groups excluding carboxylic acids is 3. The van der Waals surface area contributed by atoms with Crippen LogP contribution in [0.4, 0.5) is 0 Å². The average molecular weight is 308 g/mol. The van der Waals surface area contributed by atoms with Crippen LogP contribution >= 0.6 is 0 Å². The number of hydrogen-bond donors (Lipinski definition) is 0. The van der Waals surface area contributed by atoms with Gasteiger partial charge in [0.05, 0.1) is 5.92 Å². The number of carbonyl (C=O) groups is 3. The van der Waals surface area contributed by atoms with Crippen molar-refractivity contribution >= 4 is 17.9 Å². The van der Waals surface area contributed by atoms with E-state index in [0.29, 0.717) is 6.42 Å². The molecule has 5 unspecified atom stereocenters. The maximum Gasteiger partial charge on any atom is 0.344 e. The normalized spacial score (nSPS) is 36.9. The zero-order valence-electron chi connectivity index (χ0n) is 13.0. The molecule has 0 N–H and O–H groups in total. The summed E-state index contributed by atoms with van der Waals surface area (Å²) in [6.45, 7) is 8.67. The molecule has 6 nitrogen and oxygen atoms in total. The van der Waals surface area contributed by atoms with E-state index in [2.05, 4.69) is 20.4 Å². The largest absolute Gasteiger partial charge is 0.458 e. The lowest BCUT2D eigenvalue weighted by atomic mass is 9.80. The van der Waals surface area contributed by atoms with Crippen LogP contribution in [0.2, 0.25) is 0 Å². The molecule has 22 heavy (non-hydrogen) atoms. The third-order valence-corrected chi connectivity index (χ3v) is 5.32. The van der Waals surface area contributed by atoms with E-state index in [-0.39, 0.29) is 40.8 Å². The predicted molar refractivity (Wildman–Crippen MR) is 74.4 cm³/mol. The van der Waals surface area contributed by atoms with E-state index in [0.717, 1.165) is 0 Å². The topological polar surface area (TPSA) is 78.9 Å². The Labute approximate surface area is 128 Å². The highest BCUT2D eigenvalue weighted by molar-refractivity contribution is 5.88. The van der Waals surface area contributed by atoms with Gasteiger partial charge in [0.15, 0.2) is 6.61 Å². The lowest BCUT2D eigenvalue weighted by molar-refractivity contribution is -0.169. The van der Waals surface area contributed by atoms with E-state index in [1.165, 1.54) is 6.92 Å². The van der Waals surface area contributed by atoms with Crippen molar-refractivity contribution in [1.29, 1.82) is 0 Å². The number of ether oxygens (including phenoxy) is 3. The van der Waals surface area contributed by atoms with Crippen molar-refractivity contribution < 1.29 is 28.6 Å². The monoisotopic (exact) mass is 308 g/mol. The molecule has 1 aliphatic heterocycles. The molecule has 2 bridgehead atoms. The lowest BCUT2D eigenvalue weighted by Crippen LogP contribution is -2.37. The second-order valence-electron chi connectivity index (χ2n) is 7.01. The Morgan fingerprint density at radius 1 is 1.41 bits per heavy atom. The molecule has 6 heteroatoms. The fraction of sp³-hybridized carbons (Fsp3) is 0.688. The number of rotatable bonds is 4. The number of fused-ring (bicyclic) bond motifs is 1. The van der Waals surface area contributed by atoms with Gasteiger partial charge in [-0.3, -0.25) is 4.79 Å². The summed E-state index contributed by atoms with van der Waals surface area (Å²) in [6.07, 6.45) is -0.123. The maximum absolute atomic E-state index is 11.9. The van der Waals surface area contributed by atoms with Crippen LogP contribution < -0.4 is 0 Å². The molecular weight excluding hydrogens is 288 g/mol. The van der Waals surface area contributed by atoms with E-state index in [1.54, 1.807) is 0 Å². The van der Waals surface area contributed by atoms with Crippen LogP contribution in [0.25, 0.3) is 0 Å². The Bertz CT molecular complexity index is 563. The zero-order valence-corrected chi connectivity index (χ0v) is 13.0. The van der Waals surface area contributed by atoms with Crippen molar-refractivity contribution in [2.75, 3.05) is 6.61 Å². The fourth-order valence-electron chi connectivity index (χ4n) is 4.32. The van der Waals surface area contributed by atoms with Crippen LogP contribution in [0.1, 0.15) is 27.2 Å². The summed E-state index contributed by atoms with van der Waals surface area (Å²) in [5, 5.41) is 0. The quantitative estimate of drug-likeness (QED) is 0.441. The lowest BCUT2D eigenvalue weighted by Gasteiger charge is -2.26. The van der Waals surface area contributed by atoms with E-state index in [9.17, 15) is 14.4 Å². The van der Waals surface area contributed by atoms with Crippen molar-refractivity contribution in [3.05, 3.63) is 12.2 Å². The molecule has 0 amide bonds. The van der Waals surface area contributed by atoms with Gasteiger partial charge < -0.3 is 14.2 Å². The van der Waals surface area contributed by atoms with Gasteiger partial charge in [0, 0.05) is 17.4 Å². The molecule has 0 aromatic carbocycles. The summed E-state index contributed by atoms with van der Waals surface area (Å²) in [6, 6.07) is 0. The van der Waals surface area contributed by atoms with Gasteiger partial charge in [0.2, 0.25) is 0 Å². The van der Waals surface area contributed by atoms with E-state index in [1.807, 2.05) is 0 Å². The van der Waals surface area contributed by atoms with Crippen molar-refractivity contribution in [2.24, 2.45) is 23.2 Å². The van der Waals surface area contributed by atoms with Crippen LogP contribution in [0.15, 0.2) is 12.2 Å². The van der Waals surface area contributed by atoms with Crippen molar-refractivity contribution in [3.63, 3.8) is 0 Å². The zero-order chi connectivity index (χ0) is 16.2. The second kappa shape index (κ2) is 4.83. The highest BCUT2D eigenvalue weighted by Crippen LogP contribution is 2.65. The highest BCUT2D eigenvalue weighted by atomic mass is 16.6. The molecule has 0 spiro atoms. The second-order valence-corrected chi connectivity index (χ2v) is 7.01. The van der Waals surface area contributed by atoms with Gasteiger partial charge in [-0.2, -0.15) is 0 Å². The predicted octanol–water partition coefficient (Wildman–Crippen LogP) is 1.23. The maximum atomic E-state index is 11.9. The summed E-state index contributed by atoms with van der Waals surface area (Å²) in [4.78, 5) is 35.0. The molecule has 3 rings (SSSR count). The SMILES string of the molecule is C=C(C)C(=O)OCC(=O)OC1C2OC(=O)C3CC1C(C)(C)C32. The number of esters is 3. The molecule has 120 valence electrons. The van der Waals surface area contributed by atoms with Gasteiger partial charge in [-0.1, -0.05) is 20.4 Å². The van der Waals surface area contributed by atoms with E-state index < -0.39 is 24.6 Å². The van der Waals surface area contributed by atoms with Gasteiger partial charge >= 0.3 is 17.9 Å². The first-order chi connectivity index (χ1) is 10.2. The van der Waals surface area contributed by atoms with E-state index in [4.69, 9.17) is 14.2 Å². The van der Waals surface area contributed by atoms with Gasteiger partial charge in [0.1, 0.15) is 12.2 Å². The Morgan fingerprint density at radius 3 is 2.73 bits per heavy atom. The fourth-order valence-corrected chi connectivity index (χ4v) is 4.32. The van der Waals surface area contributed by atoms with Crippen LogP contribution in [0.5, 0.6) is 0 Å². The molecule has 3 fully saturated rings.